The summed E-state index contributed by atoms with van der Waals surface area (Å²) in [5, 5.41) is 0. The highest BCUT2D eigenvalue weighted by atomic mass is 16.5. The molecule has 0 N–H and O–H groups in total. The Morgan fingerprint density at radius 2 is 0.714 bits per heavy atom. The lowest BCUT2D eigenvalue weighted by atomic mass is 9.95. The lowest BCUT2D eigenvalue weighted by Gasteiger charge is -2.14. The Morgan fingerprint density at radius 1 is 0.365 bits per heavy atom. The Balaban J connectivity index is 1.40. The molecule has 0 aliphatic carbocycles. The monoisotopic (exact) mass is 863 g/mol. The van der Waals surface area contributed by atoms with Crippen LogP contribution in [0, 0.1) is 0 Å². The number of ether oxygens (including phenoxy) is 1. The minimum Gasteiger partial charge on any atom is -0.465 e. The van der Waals surface area contributed by atoms with Gasteiger partial charge in [-0.15, -0.1) is 0 Å². The van der Waals surface area contributed by atoms with Crippen molar-refractivity contribution in [3.8, 4) is 5.75 Å². The van der Waals surface area contributed by atoms with Crippen LogP contribution in [0.25, 0.3) is 18.2 Å². The molecule has 3 rings (SSSR count). The average Bonchev–Trinajstić information content (AvgIpc) is 3.31. The van der Waals surface area contributed by atoms with E-state index < -0.39 is 0 Å². The number of nitrogens with zero attached hydrogens (tertiary/aromatic N) is 2. The summed E-state index contributed by atoms with van der Waals surface area (Å²) < 4.78 is 11.2. The number of aromatic nitrogens is 2. The van der Waals surface area contributed by atoms with E-state index in [-0.39, 0.29) is 0 Å². The summed E-state index contributed by atoms with van der Waals surface area (Å²) in [5.41, 5.74) is 6.45. The molecule has 0 saturated heterocycles. The van der Waals surface area contributed by atoms with Gasteiger partial charge in [-0.05, 0) is 84.6 Å². The maximum atomic E-state index is 6.45. The van der Waals surface area contributed by atoms with Gasteiger partial charge in [0.2, 0.25) is 0 Å². The number of rotatable bonds is 41. The number of pyridine rings is 2. The van der Waals surface area contributed by atoms with E-state index in [9.17, 15) is 0 Å². The predicted octanol–water partition coefficient (Wildman–Crippen LogP) is 18.1. The van der Waals surface area contributed by atoms with Crippen molar-refractivity contribution in [3.05, 3.63) is 95.3 Å². The number of benzene rings is 1. The van der Waals surface area contributed by atoms with E-state index >= 15 is 0 Å². The van der Waals surface area contributed by atoms with Crippen molar-refractivity contribution in [1.29, 1.82) is 0 Å². The Bertz CT molecular complexity index is 1550. The van der Waals surface area contributed by atoms with Gasteiger partial charge in [0, 0.05) is 37.1 Å². The van der Waals surface area contributed by atoms with Gasteiger partial charge in [-0.25, -0.2) is 9.13 Å². The standard InChI is InChI=1S/C60H98N2O/c1-5-9-13-15-17-19-21-23-25-27-29-31-33-35-46-61-48-41-55(42-49-61)39-40-58-53-59(38-12-8-4)60(54-57(58)37-11-7-3)63-52-45-56-43-50-62(51-44-56)47-36-34-32-30-28-26-24-22-20-18-16-14-10-6-2/h39-45,48-54H,5-38,46-47H2,1-4H3/q+2/b40-39+,52-45+. The first-order valence-corrected chi connectivity index (χ1v) is 27.3. The second-order valence-corrected chi connectivity index (χ2v) is 19.1. The lowest BCUT2D eigenvalue weighted by molar-refractivity contribution is -0.697. The molecule has 0 aliphatic heterocycles. The second kappa shape index (κ2) is 38.1. The molecule has 0 unspecified atom stereocenters. The molecule has 0 spiro atoms. The molecular formula is C60H98N2O+2. The van der Waals surface area contributed by atoms with Crippen LogP contribution in [0.5, 0.6) is 5.75 Å². The van der Waals surface area contributed by atoms with E-state index in [2.05, 4.69) is 116 Å². The highest BCUT2D eigenvalue weighted by Gasteiger charge is 2.11. The highest BCUT2D eigenvalue weighted by molar-refractivity contribution is 5.72. The molecular weight excluding hydrogens is 765 g/mol. The fourth-order valence-corrected chi connectivity index (χ4v) is 8.90. The van der Waals surface area contributed by atoms with Gasteiger partial charge in [-0.3, -0.25) is 0 Å². The van der Waals surface area contributed by atoms with Crippen molar-refractivity contribution in [1.82, 2.24) is 0 Å². The van der Waals surface area contributed by atoms with Gasteiger partial charge in [0.15, 0.2) is 24.8 Å². The fraction of sp³-hybridized carbons (Fsp3) is 0.667. The van der Waals surface area contributed by atoms with Crippen molar-refractivity contribution in [2.45, 2.75) is 259 Å². The lowest BCUT2D eigenvalue weighted by Crippen LogP contribution is -2.32. The summed E-state index contributed by atoms with van der Waals surface area (Å²) in [6.45, 7) is 11.4. The third kappa shape index (κ3) is 27.0. The van der Waals surface area contributed by atoms with E-state index in [0.717, 1.165) is 38.1 Å². The molecule has 0 amide bonds. The van der Waals surface area contributed by atoms with Crippen LogP contribution in [-0.4, -0.2) is 0 Å². The first kappa shape index (κ1) is 54.1. The molecule has 3 aromatic rings. The summed E-state index contributed by atoms with van der Waals surface area (Å²) in [6.07, 6.45) is 63.8. The molecule has 0 atom stereocenters. The molecule has 1 aromatic carbocycles. The fourth-order valence-electron chi connectivity index (χ4n) is 8.90. The van der Waals surface area contributed by atoms with Crippen LogP contribution >= 0.6 is 0 Å². The van der Waals surface area contributed by atoms with E-state index in [1.54, 1.807) is 0 Å². The van der Waals surface area contributed by atoms with Gasteiger partial charge in [-0.2, -0.15) is 0 Å². The quantitative estimate of drug-likeness (QED) is 0.0316. The molecule has 0 radical (unpaired) electrons. The van der Waals surface area contributed by atoms with Crippen LogP contribution in [0.1, 0.15) is 261 Å². The van der Waals surface area contributed by atoms with Crippen LogP contribution in [0.2, 0.25) is 0 Å². The van der Waals surface area contributed by atoms with E-state index in [1.165, 1.54) is 227 Å². The minimum atomic E-state index is 1.01. The molecule has 3 heteroatoms. The number of hydrogen-bond acceptors (Lipinski definition) is 1. The zero-order valence-electron chi connectivity index (χ0n) is 41.8. The third-order valence-corrected chi connectivity index (χ3v) is 13.2. The van der Waals surface area contributed by atoms with Gasteiger partial charge in [0.25, 0.3) is 0 Å². The molecule has 0 bridgehead atoms. The number of hydrogen-bond donors (Lipinski definition) is 0. The van der Waals surface area contributed by atoms with Crippen LogP contribution in [-0.2, 0) is 25.9 Å². The summed E-state index contributed by atoms with van der Waals surface area (Å²) >= 11 is 0. The Hall–Kier alpha value is -3.20. The zero-order valence-corrected chi connectivity index (χ0v) is 41.8. The zero-order chi connectivity index (χ0) is 44.7. The molecule has 0 saturated carbocycles. The second-order valence-electron chi connectivity index (χ2n) is 19.1. The summed E-state index contributed by atoms with van der Waals surface area (Å²) in [6, 6.07) is 13.7. The maximum absolute atomic E-state index is 6.45. The first-order valence-electron chi connectivity index (χ1n) is 27.3. The molecule has 3 nitrogen and oxygen atoms in total. The van der Waals surface area contributed by atoms with Gasteiger partial charge >= 0.3 is 0 Å². The normalized spacial score (nSPS) is 11.7. The molecule has 352 valence electrons. The van der Waals surface area contributed by atoms with Gasteiger partial charge in [-0.1, -0.05) is 207 Å². The number of unbranched alkanes of at least 4 members (excludes halogenated alkanes) is 28. The predicted molar refractivity (Wildman–Crippen MR) is 276 cm³/mol. The minimum absolute atomic E-state index is 1.01. The summed E-state index contributed by atoms with van der Waals surface area (Å²) in [4.78, 5) is 0. The summed E-state index contributed by atoms with van der Waals surface area (Å²) in [7, 11) is 0. The van der Waals surface area contributed by atoms with Crippen molar-refractivity contribution < 1.29 is 13.9 Å². The van der Waals surface area contributed by atoms with Gasteiger partial charge in [0.05, 0.1) is 6.26 Å². The Kier molecular flexibility index (Phi) is 32.7. The van der Waals surface area contributed by atoms with Crippen LogP contribution in [0.4, 0.5) is 0 Å². The highest BCUT2D eigenvalue weighted by Crippen LogP contribution is 2.29. The largest absolute Gasteiger partial charge is 0.465 e. The van der Waals surface area contributed by atoms with Crippen LogP contribution in [0.15, 0.2) is 67.4 Å². The maximum Gasteiger partial charge on any atom is 0.169 e. The van der Waals surface area contributed by atoms with Crippen molar-refractivity contribution in [2.75, 3.05) is 0 Å². The van der Waals surface area contributed by atoms with Crippen molar-refractivity contribution in [3.63, 3.8) is 0 Å². The first-order chi connectivity index (χ1) is 31.2. The van der Waals surface area contributed by atoms with Crippen LogP contribution in [0.3, 0.4) is 0 Å². The Labute approximate surface area is 390 Å². The topological polar surface area (TPSA) is 17.0 Å². The van der Waals surface area contributed by atoms with E-state index in [1.807, 2.05) is 6.26 Å². The molecule has 0 fully saturated rings. The van der Waals surface area contributed by atoms with E-state index in [0.29, 0.717) is 0 Å². The molecule has 2 aromatic heterocycles. The molecule has 63 heavy (non-hydrogen) atoms. The summed E-state index contributed by atoms with van der Waals surface area (Å²) in [5.74, 6) is 1.01. The Morgan fingerprint density at radius 3 is 1.11 bits per heavy atom. The molecule has 0 aliphatic rings. The SMILES string of the molecule is CCCCCCCCCCCCCCCC[n+]1ccc(/C=C/Oc2cc(CCCC)c(/C=C/c3cc[n+](CCCCCCCCCCCCCCCC)cc3)cc2CCCC)cc1. The van der Waals surface area contributed by atoms with Gasteiger partial charge < -0.3 is 4.74 Å². The van der Waals surface area contributed by atoms with Crippen LogP contribution < -0.4 is 13.9 Å². The number of aryl methyl sites for hydroxylation is 4. The average molecular weight is 863 g/mol. The van der Waals surface area contributed by atoms with E-state index in [4.69, 9.17) is 4.74 Å². The third-order valence-electron chi connectivity index (χ3n) is 13.2. The van der Waals surface area contributed by atoms with Crippen molar-refractivity contribution in [2.24, 2.45) is 0 Å². The smallest absolute Gasteiger partial charge is 0.169 e. The van der Waals surface area contributed by atoms with Crippen molar-refractivity contribution >= 4 is 18.2 Å². The van der Waals surface area contributed by atoms with Gasteiger partial charge in [0.1, 0.15) is 18.8 Å². The molecule has 2 heterocycles.